The third kappa shape index (κ3) is 4.78. The number of sulfonamides is 1. The molecule has 10 heteroatoms. The Bertz CT molecular complexity index is 1130. The molecule has 32 heavy (non-hydrogen) atoms. The fraction of sp³-hybridized carbons (Fsp3) is 0.364. The van der Waals surface area contributed by atoms with Gasteiger partial charge in [0, 0.05) is 42.7 Å². The molecule has 2 aromatic rings. The lowest BCUT2D eigenvalue weighted by atomic mass is 9.97. The monoisotopic (exact) mass is 495 g/mol. The largest absolute Gasteiger partial charge is 0.326 e. The molecule has 0 atom stereocenters. The number of hydrogen-bond acceptors (Lipinski definition) is 4. The van der Waals surface area contributed by atoms with E-state index < -0.39 is 10.0 Å². The minimum absolute atomic E-state index is 0.0454. The molecular formula is C22H23Cl2N3O4S. The molecular weight excluding hydrogens is 473 g/mol. The molecule has 0 aromatic heterocycles. The normalized spacial score (nSPS) is 18.2. The van der Waals surface area contributed by atoms with Gasteiger partial charge in [0.15, 0.2) is 0 Å². The first-order valence-corrected chi connectivity index (χ1v) is 12.6. The summed E-state index contributed by atoms with van der Waals surface area (Å²) < 4.78 is 27.0. The number of rotatable bonds is 5. The van der Waals surface area contributed by atoms with Crippen LogP contribution in [0.25, 0.3) is 0 Å². The zero-order chi connectivity index (χ0) is 22.9. The van der Waals surface area contributed by atoms with E-state index in [0.29, 0.717) is 47.2 Å². The molecule has 2 aliphatic rings. The van der Waals surface area contributed by atoms with E-state index in [-0.39, 0.29) is 35.7 Å². The second-order valence-corrected chi connectivity index (χ2v) is 10.7. The van der Waals surface area contributed by atoms with Gasteiger partial charge in [-0.2, -0.15) is 4.31 Å². The molecule has 2 saturated heterocycles. The standard InChI is InChI=1S/C22H23Cl2N3O4S/c23-16-3-6-18(7-4-16)32(30,31)26-12-9-15(10-13-26)22(29)25-17-5-8-20(19(24)14-17)27-11-1-2-21(27)28/h3-8,14-15H,1-2,9-13H2,(H,25,29). The maximum Gasteiger partial charge on any atom is 0.243 e. The highest BCUT2D eigenvalue weighted by Crippen LogP contribution is 2.32. The number of hydrogen-bond donors (Lipinski definition) is 1. The van der Waals surface area contributed by atoms with Gasteiger partial charge in [-0.15, -0.1) is 0 Å². The predicted octanol–water partition coefficient (Wildman–Crippen LogP) is 4.16. The summed E-state index contributed by atoms with van der Waals surface area (Å²) in [5.41, 5.74) is 1.19. The van der Waals surface area contributed by atoms with Gasteiger partial charge < -0.3 is 10.2 Å². The van der Waals surface area contributed by atoms with Crippen LogP contribution in [0.15, 0.2) is 47.4 Å². The van der Waals surface area contributed by atoms with Gasteiger partial charge in [0.05, 0.1) is 15.6 Å². The van der Waals surface area contributed by atoms with E-state index in [9.17, 15) is 18.0 Å². The van der Waals surface area contributed by atoms with Gasteiger partial charge in [-0.1, -0.05) is 23.2 Å². The van der Waals surface area contributed by atoms with Crippen molar-refractivity contribution in [1.29, 1.82) is 0 Å². The van der Waals surface area contributed by atoms with Gasteiger partial charge in [-0.05, 0) is 61.7 Å². The van der Waals surface area contributed by atoms with Gasteiger partial charge in [-0.25, -0.2) is 8.42 Å². The van der Waals surface area contributed by atoms with Crippen LogP contribution in [0.4, 0.5) is 11.4 Å². The summed E-state index contributed by atoms with van der Waals surface area (Å²) in [4.78, 5) is 26.5. The highest BCUT2D eigenvalue weighted by Gasteiger charge is 2.32. The number of carbonyl (C=O) groups is 2. The molecule has 0 bridgehead atoms. The van der Waals surface area contributed by atoms with Crippen LogP contribution < -0.4 is 10.2 Å². The van der Waals surface area contributed by atoms with Crippen molar-refractivity contribution in [3.63, 3.8) is 0 Å². The smallest absolute Gasteiger partial charge is 0.243 e. The van der Waals surface area contributed by atoms with Crippen molar-refractivity contribution in [2.75, 3.05) is 29.9 Å². The lowest BCUT2D eigenvalue weighted by Crippen LogP contribution is -2.41. The Morgan fingerprint density at radius 3 is 2.28 bits per heavy atom. The van der Waals surface area contributed by atoms with Crippen molar-refractivity contribution in [3.05, 3.63) is 52.5 Å². The summed E-state index contributed by atoms with van der Waals surface area (Å²) in [6.07, 6.45) is 2.17. The van der Waals surface area contributed by atoms with Crippen LogP contribution in [0.2, 0.25) is 10.0 Å². The topological polar surface area (TPSA) is 86.8 Å². The summed E-state index contributed by atoms with van der Waals surface area (Å²) in [6, 6.07) is 11.2. The number of benzene rings is 2. The van der Waals surface area contributed by atoms with E-state index >= 15 is 0 Å². The Labute approximate surface area is 197 Å². The number of piperidine rings is 1. The quantitative estimate of drug-likeness (QED) is 0.674. The summed E-state index contributed by atoms with van der Waals surface area (Å²) >= 11 is 12.2. The minimum Gasteiger partial charge on any atom is -0.326 e. The molecule has 0 aliphatic carbocycles. The number of halogens is 2. The lowest BCUT2D eigenvalue weighted by molar-refractivity contribution is -0.121. The van der Waals surface area contributed by atoms with Crippen LogP contribution >= 0.6 is 23.2 Å². The second kappa shape index (κ2) is 9.39. The average Bonchev–Trinajstić information content (AvgIpc) is 3.20. The van der Waals surface area contributed by atoms with Gasteiger partial charge in [-0.3, -0.25) is 9.59 Å². The van der Waals surface area contributed by atoms with E-state index in [1.165, 1.54) is 16.4 Å². The Morgan fingerprint density at radius 1 is 1.00 bits per heavy atom. The molecule has 7 nitrogen and oxygen atoms in total. The number of anilines is 2. The minimum atomic E-state index is -3.62. The molecule has 0 spiro atoms. The molecule has 4 rings (SSSR count). The Morgan fingerprint density at radius 2 is 1.69 bits per heavy atom. The summed E-state index contributed by atoms with van der Waals surface area (Å²) in [6.45, 7) is 1.17. The fourth-order valence-corrected chi connectivity index (χ4v) is 5.94. The van der Waals surface area contributed by atoms with E-state index in [1.807, 2.05) is 0 Å². The number of nitrogens with one attached hydrogen (secondary N) is 1. The fourth-order valence-electron chi connectivity index (χ4n) is 4.06. The van der Waals surface area contributed by atoms with Gasteiger partial charge in [0.25, 0.3) is 0 Å². The first-order chi connectivity index (χ1) is 15.3. The van der Waals surface area contributed by atoms with Crippen molar-refractivity contribution in [3.8, 4) is 0 Å². The number of amides is 2. The third-order valence-electron chi connectivity index (χ3n) is 5.86. The van der Waals surface area contributed by atoms with Crippen molar-refractivity contribution in [2.24, 2.45) is 5.92 Å². The first kappa shape index (κ1) is 23.0. The van der Waals surface area contributed by atoms with Crippen LogP contribution in [0, 0.1) is 5.92 Å². The second-order valence-electron chi connectivity index (χ2n) is 7.94. The Balaban J connectivity index is 1.36. The van der Waals surface area contributed by atoms with Gasteiger partial charge in [0.2, 0.25) is 21.8 Å². The lowest BCUT2D eigenvalue weighted by Gasteiger charge is -2.30. The maximum absolute atomic E-state index is 12.8. The molecule has 1 N–H and O–H groups in total. The summed E-state index contributed by atoms with van der Waals surface area (Å²) in [5, 5.41) is 3.74. The van der Waals surface area contributed by atoms with Crippen molar-refractivity contribution < 1.29 is 18.0 Å². The van der Waals surface area contributed by atoms with Crippen LogP contribution in [-0.2, 0) is 19.6 Å². The van der Waals surface area contributed by atoms with Crippen molar-refractivity contribution >= 4 is 56.4 Å². The summed E-state index contributed by atoms with van der Waals surface area (Å²) in [5.74, 6) is -0.427. The molecule has 2 heterocycles. The highest BCUT2D eigenvalue weighted by molar-refractivity contribution is 7.89. The van der Waals surface area contributed by atoms with E-state index in [1.54, 1.807) is 35.2 Å². The van der Waals surface area contributed by atoms with E-state index in [4.69, 9.17) is 23.2 Å². The zero-order valence-corrected chi connectivity index (χ0v) is 19.6. The SMILES string of the molecule is O=C(Nc1ccc(N2CCCC2=O)c(Cl)c1)C1CCN(S(=O)(=O)c2ccc(Cl)cc2)CC1. The molecule has 0 unspecified atom stereocenters. The highest BCUT2D eigenvalue weighted by atomic mass is 35.5. The Kier molecular flexibility index (Phi) is 6.76. The van der Waals surface area contributed by atoms with Crippen LogP contribution in [-0.4, -0.2) is 44.2 Å². The first-order valence-electron chi connectivity index (χ1n) is 10.4. The average molecular weight is 496 g/mol. The molecule has 170 valence electrons. The summed E-state index contributed by atoms with van der Waals surface area (Å²) in [7, 11) is -3.62. The molecule has 0 radical (unpaired) electrons. The van der Waals surface area contributed by atoms with Gasteiger partial charge in [0.1, 0.15) is 0 Å². The molecule has 2 aromatic carbocycles. The predicted molar refractivity (Wildman–Crippen MR) is 125 cm³/mol. The van der Waals surface area contributed by atoms with Crippen LogP contribution in [0.5, 0.6) is 0 Å². The van der Waals surface area contributed by atoms with Crippen LogP contribution in [0.3, 0.4) is 0 Å². The van der Waals surface area contributed by atoms with E-state index in [0.717, 1.165) is 6.42 Å². The molecule has 2 fully saturated rings. The van der Waals surface area contributed by atoms with Gasteiger partial charge >= 0.3 is 0 Å². The number of nitrogens with zero attached hydrogens (tertiary/aromatic N) is 2. The number of carbonyl (C=O) groups excluding carboxylic acids is 2. The maximum atomic E-state index is 12.8. The molecule has 2 amide bonds. The van der Waals surface area contributed by atoms with Crippen molar-refractivity contribution in [1.82, 2.24) is 4.31 Å². The third-order valence-corrected chi connectivity index (χ3v) is 8.32. The van der Waals surface area contributed by atoms with Crippen LogP contribution in [0.1, 0.15) is 25.7 Å². The van der Waals surface area contributed by atoms with Crippen molar-refractivity contribution in [2.45, 2.75) is 30.6 Å². The zero-order valence-electron chi connectivity index (χ0n) is 17.3. The molecule has 0 saturated carbocycles. The molecule has 2 aliphatic heterocycles. The Hall–Kier alpha value is -2.13. The van der Waals surface area contributed by atoms with E-state index in [2.05, 4.69) is 5.32 Å².